The summed E-state index contributed by atoms with van der Waals surface area (Å²) >= 11 is 0. The van der Waals surface area contributed by atoms with Gasteiger partial charge in [0, 0.05) is 25.2 Å². The minimum atomic E-state index is 0.121. The highest BCUT2D eigenvalue weighted by Crippen LogP contribution is 2.26. The molecule has 0 saturated carbocycles. The quantitative estimate of drug-likeness (QED) is 0.734. The van der Waals surface area contributed by atoms with Crippen molar-refractivity contribution in [2.75, 3.05) is 26.7 Å². The molecule has 1 atom stereocenters. The van der Waals surface area contributed by atoms with E-state index in [9.17, 15) is 0 Å². The lowest BCUT2D eigenvalue weighted by atomic mass is 10.2. The van der Waals surface area contributed by atoms with Gasteiger partial charge in [0.2, 0.25) is 0 Å². The molecule has 1 aromatic carbocycles. The molecule has 8 nitrogen and oxygen atoms in total. The predicted octanol–water partition coefficient (Wildman–Crippen LogP) is 2.50. The molecule has 1 fully saturated rings. The molecule has 1 aliphatic rings. The smallest absolute Gasteiger partial charge is 0.258 e. The number of benzene rings is 1. The first-order valence-electron chi connectivity index (χ1n) is 9.01. The summed E-state index contributed by atoms with van der Waals surface area (Å²) in [6.07, 6.45) is 0. The Labute approximate surface area is 157 Å². The van der Waals surface area contributed by atoms with Crippen molar-refractivity contribution < 1.29 is 13.8 Å². The number of piperazine rings is 1. The van der Waals surface area contributed by atoms with Gasteiger partial charge in [0.05, 0.1) is 17.3 Å². The summed E-state index contributed by atoms with van der Waals surface area (Å²) in [6, 6.07) is 7.77. The molecule has 0 spiro atoms. The molecule has 27 heavy (non-hydrogen) atoms. The highest BCUT2D eigenvalue weighted by atomic mass is 16.5. The highest BCUT2D eigenvalue weighted by Gasteiger charge is 2.25. The van der Waals surface area contributed by atoms with Crippen LogP contribution in [0.5, 0.6) is 5.75 Å². The van der Waals surface area contributed by atoms with Crippen LogP contribution in [0.4, 0.5) is 0 Å². The minimum Gasteiger partial charge on any atom is -0.489 e. The first-order valence-corrected chi connectivity index (χ1v) is 9.01. The molecule has 0 amide bonds. The van der Waals surface area contributed by atoms with Crippen LogP contribution in [-0.2, 0) is 6.61 Å². The number of ether oxygens (including phenoxy) is 1. The van der Waals surface area contributed by atoms with Gasteiger partial charge in [-0.25, -0.2) is 0 Å². The fraction of sp³-hybridized carbons (Fsp3) is 0.421. The van der Waals surface area contributed by atoms with E-state index in [-0.39, 0.29) is 6.04 Å². The third kappa shape index (κ3) is 3.72. The molecule has 0 bridgehead atoms. The Kier molecular flexibility index (Phi) is 4.91. The molecule has 3 aromatic rings. The lowest BCUT2D eigenvalue weighted by molar-refractivity contribution is 0.190. The van der Waals surface area contributed by atoms with Gasteiger partial charge in [-0.2, -0.15) is 4.98 Å². The van der Waals surface area contributed by atoms with Crippen LogP contribution in [0.25, 0.3) is 11.5 Å². The normalized spacial score (nSPS) is 18.0. The average molecular weight is 369 g/mol. The molecule has 8 heteroatoms. The van der Waals surface area contributed by atoms with Gasteiger partial charge >= 0.3 is 0 Å². The second-order valence-electron chi connectivity index (χ2n) is 6.78. The molecule has 1 aliphatic heterocycles. The first-order chi connectivity index (χ1) is 13.1. The lowest BCUT2D eigenvalue weighted by Crippen LogP contribution is -2.44. The molecular weight excluding hydrogens is 346 g/mol. The standard InChI is InChI=1S/C19H23N5O3/c1-12-16(13(2)26-22-12)11-25-15-6-4-5-14(9-15)19-21-18(23-27-19)17-10-20-7-8-24(17)3/h4-6,9,17,20H,7-8,10-11H2,1-3H3. The summed E-state index contributed by atoms with van der Waals surface area (Å²) in [6.45, 7) is 6.94. The summed E-state index contributed by atoms with van der Waals surface area (Å²) in [7, 11) is 2.07. The molecule has 1 saturated heterocycles. The van der Waals surface area contributed by atoms with Crippen LogP contribution in [-0.4, -0.2) is 46.9 Å². The zero-order valence-corrected chi connectivity index (χ0v) is 15.7. The summed E-state index contributed by atoms with van der Waals surface area (Å²) < 4.78 is 16.6. The number of likely N-dealkylation sites (N-methyl/N-ethyl adjacent to an activating group) is 1. The van der Waals surface area contributed by atoms with Crippen LogP contribution in [0.3, 0.4) is 0 Å². The average Bonchev–Trinajstić information content (AvgIpc) is 3.28. The van der Waals surface area contributed by atoms with Crippen LogP contribution in [0.2, 0.25) is 0 Å². The number of hydrogen-bond acceptors (Lipinski definition) is 8. The van der Waals surface area contributed by atoms with Crippen molar-refractivity contribution in [3.63, 3.8) is 0 Å². The second-order valence-corrected chi connectivity index (χ2v) is 6.78. The van der Waals surface area contributed by atoms with Crippen molar-refractivity contribution in [2.24, 2.45) is 0 Å². The number of nitrogens with zero attached hydrogens (tertiary/aromatic N) is 4. The van der Waals surface area contributed by atoms with E-state index in [1.54, 1.807) is 0 Å². The van der Waals surface area contributed by atoms with Crippen molar-refractivity contribution in [1.29, 1.82) is 0 Å². The molecule has 2 aromatic heterocycles. The van der Waals surface area contributed by atoms with E-state index in [1.165, 1.54) is 0 Å². The largest absolute Gasteiger partial charge is 0.489 e. The summed E-state index contributed by atoms with van der Waals surface area (Å²) in [5.74, 6) is 2.69. The van der Waals surface area contributed by atoms with Gasteiger partial charge in [-0.05, 0) is 39.1 Å². The SMILES string of the molecule is Cc1noc(C)c1COc1cccc(-c2nc(C3CNCCN3C)no2)c1. The summed E-state index contributed by atoms with van der Waals surface area (Å²) in [4.78, 5) is 6.82. The van der Waals surface area contributed by atoms with E-state index >= 15 is 0 Å². The van der Waals surface area contributed by atoms with Gasteiger partial charge in [-0.3, -0.25) is 4.90 Å². The summed E-state index contributed by atoms with van der Waals surface area (Å²) in [5.41, 5.74) is 2.64. The van der Waals surface area contributed by atoms with Crippen molar-refractivity contribution in [3.8, 4) is 17.2 Å². The van der Waals surface area contributed by atoms with Crippen LogP contribution < -0.4 is 10.1 Å². The van der Waals surface area contributed by atoms with Gasteiger partial charge in [-0.1, -0.05) is 16.4 Å². The highest BCUT2D eigenvalue weighted by molar-refractivity contribution is 5.55. The van der Waals surface area contributed by atoms with Gasteiger partial charge < -0.3 is 19.1 Å². The van der Waals surface area contributed by atoms with Crippen LogP contribution in [0.15, 0.2) is 33.3 Å². The van der Waals surface area contributed by atoms with E-state index in [0.29, 0.717) is 18.3 Å². The number of rotatable bonds is 5. The van der Waals surface area contributed by atoms with Crippen molar-refractivity contribution in [3.05, 3.63) is 47.1 Å². The van der Waals surface area contributed by atoms with E-state index in [4.69, 9.17) is 13.8 Å². The van der Waals surface area contributed by atoms with Crippen molar-refractivity contribution in [2.45, 2.75) is 26.5 Å². The maximum absolute atomic E-state index is 5.91. The lowest BCUT2D eigenvalue weighted by Gasteiger charge is -2.30. The van der Waals surface area contributed by atoms with Crippen LogP contribution in [0.1, 0.15) is 28.9 Å². The number of aromatic nitrogens is 3. The van der Waals surface area contributed by atoms with E-state index in [1.807, 2.05) is 38.1 Å². The Morgan fingerprint density at radius 3 is 2.93 bits per heavy atom. The summed E-state index contributed by atoms with van der Waals surface area (Å²) in [5, 5.41) is 11.5. The molecular formula is C19H23N5O3. The van der Waals surface area contributed by atoms with Crippen molar-refractivity contribution >= 4 is 0 Å². The zero-order valence-electron chi connectivity index (χ0n) is 15.7. The Bertz CT molecular complexity index is 900. The third-order valence-electron chi connectivity index (χ3n) is 4.90. The third-order valence-corrected chi connectivity index (χ3v) is 4.90. The Morgan fingerprint density at radius 2 is 2.15 bits per heavy atom. The maximum Gasteiger partial charge on any atom is 0.258 e. The molecule has 0 radical (unpaired) electrons. The molecule has 3 heterocycles. The Hall–Kier alpha value is -2.71. The second kappa shape index (κ2) is 7.50. The van der Waals surface area contributed by atoms with Crippen molar-refractivity contribution in [1.82, 2.24) is 25.5 Å². The number of hydrogen-bond donors (Lipinski definition) is 1. The Morgan fingerprint density at radius 1 is 1.26 bits per heavy atom. The molecule has 4 rings (SSSR count). The van der Waals surface area contributed by atoms with E-state index < -0.39 is 0 Å². The maximum atomic E-state index is 5.91. The first kappa shape index (κ1) is 17.7. The Balaban J connectivity index is 1.49. The van der Waals surface area contributed by atoms with Gasteiger partial charge in [0.1, 0.15) is 18.1 Å². The zero-order chi connectivity index (χ0) is 18.8. The topological polar surface area (TPSA) is 89.5 Å². The van der Waals surface area contributed by atoms with Crippen LogP contribution in [0, 0.1) is 13.8 Å². The minimum absolute atomic E-state index is 0.121. The van der Waals surface area contributed by atoms with E-state index in [0.717, 1.165) is 48.0 Å². The molecule has 1 unspecified atom stereocenters. The number of nitrogens with one attached hydrogen (secondary N) is 1. The molecule has 0 aliphatic carbocycles. The number of aryl methyl sites for hydroxylation is 2. The fourth-order valence-electron chi connectivity index (χ4n) is 3.16. The van der Waals surface area contributed by atoms with Gasteiger partial charge in [-0.15, -0.1) is 0 Å². The predicted molar refractivity (Wildman–Crippen MR) is 98.3 cm³/mol. The molecule has 1 N–H and O–H groups in total. The van der Waals surface area contributed by atoms with Gasteiger partial charge in [0.25, 0.3) is 5.89 Å². The fourth-order valence-corrected chi connectivity index (χ4v) is 3.16. The van der Waals surface area contributed by atoms with E-state index in [2.05, 4.69) is 32.6 Å². The monoisotopic (exact) mass is 369 g/mol. The van der Waals surface area contributed by atoms with Crippen LogP contribution >= 0.6 is 0 Å². The van der Waals surface area contributed by atoms with Gasteiger partial charge in [0.15, 0.2) is 5.82 Å². The molecule has 142 valence electrons.